The topological polar surface area (TPSA) is 80.3 Å². The van der Waals surface area contributed by atoms with E-state index >= 15 is 0 Å². The largest absolute Gasteiger partial charge is 0.493 e. The summed E-state index contributed by atoms with van der Waals surface area (Å²) in [7, 11) is 4.52. The molecule has 0 aromatic heterocycles. The molecule has 0 bridgehead atoms. The van der Waals surface area contributed by atoms with E-state index in [0.717, 1.165) is 19.3 Å². The molecule has 0 spiro atoms. The molecule has 0 unspecified atom stereocenters. The lowest BCUT2D eigenvalue weighted by Crippen LogP contribution is -2.36. The number of hydrogen-bond acceptors (Lipinski definition) is 7. The first-order valence-electron chi connectivity index (χ1n) is 10.4. The summed E-state index contributed by atoms with van der Waals surface area (Å²) in [6, 6.07) is 3.36. The lowest BCUT2D eigenvalue weighted by molar-refractivity contribution is -0.166. The van der Waals surface area contributed by atoms with Gasteiger partial charge in [0.1, 0.15) is 6.10 Å². The Bertz CT molecular complexity index is 703. The lowest BCUT2D eigenvalue weighted by Gasteiger charge is -2.36. The van der Waals surface area contributed by atoms with Gasteiger partial charge in [0, 0.05) is 0 Å². The standard InChI is InChI=1S/C23H34O7/c1-14(2)17-8-7-15(3)9-18(17)30-22(25)13-29-21(24)12-16-10-19(26-4)23(28-6)20(11-16)27-5/h10-11,14-15,17-18H,7-9,12-13H2,1-6H3/t15-,17+,18-/m1/s1. The predicted molar refractivity (Wildman–Crippen MR) is 112 cm³/mol. The van der Waals surface area contributed by atoms with Gasteiger partial charge in [-0.3, -0.25) is 4.79 Å². The van der Waals surface area contributed by atoms with Crippen LogP contribution in [0, 0.1) is 17.8 Å². The van der Waals surface area contributed by atoms with Crippen LogP contribution in [0.25, 0.3) is 0 Å². The van der Waals surface area contributed by atoms with Gasteiger partial charge in [-0.25, -0.2) is 4.79 Å². The van der Waals surface area contributed by atoms with Crippen molar-refractivity contribution >= 4 is 11.9 Å². The minimum Gasteiger partial charge on any atom is -0.493 e. The molecule has 0 N–H and O–H groups in total. The maximum Gasteiger partial charge on any atom is 0.344 e. The van der Waals surface area contributed by atoms with Gasteiger partial charge < -0.3 is 23.7 Å². The molecule has 0 aliphatic heterocycles. The summed E-state index contributed by atoms with van der Waals surface area (Å²) in [6.07, 6.45) is 2.92. The van der Waals surface area contributed by atoms with Gasteiger partial charge in [-0.1, -0.05) is 27.2 Å². The average molecular weight is 423 g/mol. The maximum absolute atomic E-state index is 12.3. The first-order chi connectivity index (χ1) is 14.3. The molecule has 2 rings (SSSR count). The SMILES string of the molecule is COc1cc(CC(=O)OCC(=O)O[C@@H]2C[C@H](C)CC[C@H]2C(C)C)cc(OC)c1OC. The highest BCUT2D eigenvalue weighted by atomic mass is 16.6. The van der Waals surface area contributed by atoms with Gasteiger partial charge in [0.2, 0.25) is 5.75 Å². The summed E-state index contributed by atoms with van der Waals surface area (Å²) in [4.78, 5) is 24.5. The average Bonchev–Trinajstić information content (AvgIpc) is 2.71. The van der Waals surface area contributed by atoms with E-state index in [1.165, 1.54) is 21.3 Å². The fourth-order valence-corrected chi connectivity index (χ4v) is 4.05. The molecule has 30 heavy (non-hydrogen) atoms. The highest BCUT2D eigenvalue weighted by Gasteiger charge is 2.33. The van der Waals surface area contributed by atoms with Crippen molar-refractivity contribution in [3.63, 3.8) is 0 Å². The summed E-state index contributed by atoms with van der Waals surface area (Å²) < 4.78 is 26.7. The van der Waals surface area contributed by atoms with Crippen molar-refractivity contribution in [2.24, 2.45) is 17.8 Å². The molecule has 0 heterocycles. The zero-order valence-corrected chi connectivity index (χ0v) is 18.9. The molecule has 7 nitrogen and oxygen atoms in total. The number of rotatable bonds is 9. The Hall–Kier alpha value is -2.44. The van der Waals surface area contributed by atoms with Crippen molar-refractivity contribution < 1.29 is 33.3 Å². The number of esters is 2. The van der Waals surface area contributed by atoms with Gasteiger partial charge in [-0.05, 0) is 48.3 Å². The van der Waals surface area contributed by atoms with Gasteiger partial charge >= 0.3 is 11.9 Å². The predicted octanol–water partition coefficient (Wildman–Crippen LogP) is 3.80. The molecule has 1 aliphatic rings. The van der Waals surface area contributed by atoms with E-state index in [1.54, 1.807) is 12.1 Å². The summed E-state index contributed by atoms with van der Waals surface area (Å²) in [6.45, 7) is 6.09. The minimum atomic E-state index is -0.529. The molecule has 3 atom stereocenters. The van der Waals surface area contributed by atoms with Gasteiger partial charge in [-0.15, -0.1) is 0 Å². The Balaban J connectivity index is 1.92. The highest BCUT2D eigenvalue weighted by Crippen LogP contribution is 2.38. The number of carbonyl (C=O) groups excluding carboxylic acids is 2. The van der Waals surface area contributed by atoms with Crippen LogP contribution in [-0.4, -0.2) is 46.0 Å². The quantitative estimate of drug-likeness (QED) is 0.560. The molecular formula is C23H34O7. The Labute approximate surface area is 179 Å². The zero-order chi connectivity index (χ0) is 22.3. The maximum atomic E-state index is 12.3. The Kier molecular flexibility index (Phi) is 8.81. The third-order valence-electron chi connectivity index (χ3n) is 5.67. The van der Waals surface area contributed by atoms with E-state index in [1.807, 2.05) is 0 Å². The Morgan fingerprint density at radius 2 is 1.63 bits per heavy atom. The monoisotopic (exact) mass is 422 g/mol. The van der Waals surface area contributed by atoms with E-state index in [2.05, 4.69) is 20.8 Å². The number of ether oxygens (including phenoxy) is 5. The van der Waals surface area contributed by atoms with Crippen LogP contribution in [0.3, 0.4) is 0 Å². The molecule has 1 fully saturated rings. The van der Waals surface area contributed by atoms with Crippen molar-refractivity contribution in [2.45, 2.75) is 52.6 Å². The first-order valence-corrected chi connectivity index (χ1v) is 10.4. The Morgan fingerprint density at radius 3 is 2.17 bits per heavy atom. The molecule has 0 saturated heterocycles. The smallest absolute Gasteiger partial charge is 0.344 e. The van der Waals surface area contributed by atoms with Crippen LogP contribution in [0.5, 0.6) is 17.2 Å². The molecule has 1 aromatic rings. The third-order valence-corrected chi connectivity index (χ3v) is 5.67. The summed E-state index contributed by atoms with van der Waals surface area (Å²) >= 11 is 0. The van der Waals surface area contributed by atoms with Gasteiger partial charge in [0.05, 0.1) is 27.8 Å². The first kappa shape index (κ1) is 23.8. The molecule has 1 aliphatic carbocycles. The van der Waals surface area contributed by atoms with Crippen molar-refractivity contribution in [3.05, 3.63) is 17.7 Å². The van der Waals surface area contributed by atoms with E-state index in [-0.39, 0.29) is 19.1 Å². The van der Waals surface area contributed by atoms with Crippen LogP contribution in [0.2, 0.25) is 0 Å². The highest BCUT2D eigenvalue weighted by molar-refractivity contribution is 5.78. The van der Waals surface area contributed by atoms with Crippen molar-refractivity contribution in [3.8, 4) is 17.2 Å². The number of hydrogen-bond donors (Lipinski definition) is 0. The van der Waals surface area contributed by atoms with E-state index in [0.29, 0.717) is 40.6 Å². The van der Waals surface area contributed by atoms with Crippen LogP contribution in [0.15, 0.2) is 12.1 Å². The second-order valence-electron chi connectivity index (χ2n) is 8.23. The fraction of sp³-hybridized carbons (Fsp3) is 0.652. The molecule has 168 valence electrons. The molecule has 0 amide bonds. The van der Waals surface area contributed by atoms with Crippen molar-refractivity contribution in [1.82, 2.24) is 0 Å². The Morgan fingerprint density at radius 1 is 1.00 bits per heavy atom. The third kappa shape index (κ3) is 6.28. The molecule has 1 aromatic carbocycles. The second kappa shape index (κ2) is 11.1. The molecular weight excluding hydrogens is 388 g/mol. The van der Waals surface area contributed by atoms with E-state index in [4.69, 9.17) is 23.7 Å². The number of methoxy groups -OCH3 is 3. The summed E-state index contributed by atoms with van der Waals surface area (Å²) in [5, 5.41) is 0. The normalized spacial score (nSPS) is 21.1. The van der Waals surface area contributed by atoms with Gasteiger partial charge in [0.25, 0.3) is 0 Å². The molecule has 1 saturated carbocycles. The number of carbonyl (C=O) groups is 2. The van der Waals surface area contributed by atoms with Gasteiger partial charge in [-0.2, -0.15) is 0 Å². The second-order valence-corrected chi connectivity index (χ2v) is 8.23. The molecule has 0 radical (unpaired) electrons. The van der Waals surface area contributed by atoms with Crippen molar-refractivity contribution in [2.75, 3.05) is 27.9 Å². The zero-order valence-electron chi connectivity index (χ0n) is 18.9. The van der Waals surface area contributed by atoms with Crippen LogP contribution < -0.4 is 14.2 Å². The van der Waals surface area contributed by atoms with E-state index in [9.17, 15) is 9.59 Å². The summed E-state index contributed by atoms with van der Waals surface area (Å²) in [5.41, 5.74) is 0.629. The number of benzene rings is 1. The van der Waals surface area contributed by atoms with Crippen LogP contribution in [0.1, 0.15) is 45.6 Å². The van der Waals surface area contributed by atoms with E-state index < -0.39 is 11.9 Å². The minimum absolute atomic E-state index is 0.0287. The van der Waals surface area contributed by atoms with Crippen LogP contribution in [0.4, 0.5) is 0 Å². The van der Waals surface area contributed by atoms with Gasteiger partial charge in [0.15, 0.2) is 18.1 Å². The summed E-state index contributed by atoms with van der Waals surface area (Å²) in [5.74, 6) is 1.63. The van der Waals surface area contributed by atoms with Crippen molar-refractivity contribution in [1.29, 1.82) is 0 Å². The van der Waals surface area contributed by atoms with Crippen LogP contribution in [-0.2, 0) is 25.5 Å². The van der Waals surface area contributed by atoms with Crippen LogP contribution >= 0.6 is 0 Å². The lowest BCUT2D eigenvalue weighted by atomic mass is 9.75. The molecule has 7 heteroatoms. The fourth-order valence-electron chi connectivity index (χ4n) is 4.05.